The van der Waals surface area contributed by atoms with Gasteiger partial charge in [-0.2, -0.15) is 0 Å². The van der Waals surface area contributed by atoms with Crippen LogP contribution in [0.4, 0.5) is 0 Å². The van der Waals surface area contributed by atoms with Gasteiger partial charge in [-0.1, -0.05) is 23.2 Å². The summed E-state index contributed by atoms with van der Waals surface area (Å²) in [6.45, 7) is 1.46. The highest BCUT2D eigenvalue weighted by Gasteiger charge is 1.94. The second kappa shape index (κ2) is 3.93. The van der Waals surface area contributed by atoms with Crippen LogP contribution in [0.2, 0.25) is 0 Å². The zero-order chi connectivity index (χ0) is 6.57. The number of rotatable bonds is 2. The predicted molar refractivity (Wildman–Crippen MR) is 35.1 cm³/mol. The van der Waals surface area contributed by atoms with E-state index in [0.717, 1.165) is 0 Å². The first-order chi connectivity index (χ1) is 3.66. The van der Waals surface area contributed by atoms with Crippen LogP contribution in [0.3, 0.4) is 0 Å². The summed E-state index contributed by atoms with van der Waals surface area (Å²) in [6.07, 6.45) is 0.241. The van der Waals surface area contributed by atoms with E-state index < -0.39 is 0 Å². The summed E-state index contributed by atoms with van der Waals surface area (Å²) in [5.41, 5.74) is 1.20. The molecule has 3 heteroatoms. The molecule has 0 atom stereocenters. The SMILES string of the molecule is CC(=O)C/C(Cl)=C/Cl. The molecule has 0 radical (unpaired) electrons. The molecule has 0 aromatic heterocycles. The van der Waals surface area contributed by atoms with Gasteiger partial charge in [0.05, 0.1) is 0 Å². The van der Waals surface area contributed by atoms with Crippen LogP contribution in [-0.4, -0.2) is 5.78 Å². The number of hydrogen-bond donors (Lipinski definition) is 0. The van der Waals surface area contributed by atoms with Crippen molar-refractivity contribution < 1.29 is 4.79 Å². The third kappa shape index (κ3) is 4.16. The molecule has 1 nitrogen and oxygen atoms in total. The average molecular weight is 153 g/mol. The lowest BCUT2D eigenvalue weighted by Gasteiger charge is -1.87. The molecule has 0 aromatic carbocycles. The molecule has 0 amide bonds. The van der Waals surface area contributed by atoms with E-state index in [2.05, 4.69) is 0 Å². The number of carbonyl (C=O) groups excluding carboxylic acids is 1. The van der Waals surface area contributed by atoms with Crippen LogP contribution in [-0.2, 0) is 4.79 Å². The van der Waals surface area contributed by atoms with E-state index >= 15 is 0 Å². The molecule has 0 N–H and O–H groups in total. The second-order valence-corrected chi connectivity index (χ2v) is 2.14. The maximum atomic E-state index is 10.2. The fraction of sp³-hybridized carbons (Fsp3) is 0.400. The lowest BCUT2D eigenvalue weighted by atomic mass is 10.3. The van der Waals surface area contributed by atoms with E-state index in [4.69, 9.17) is 23.2 Å². The Kier molecular flexibility index (Phi) is 3.92. The van der Waals surface area contributed by atoms with E-state index in [1.54, 1.807) is 0 Å². The van der Waals surface area contributed by atoms with Crippen molar-refractivity contribution in [3.63, 3.8) is 0 Å². The summed E-state index contributed by atoms with van der Waals surface area (Å²) in [5.74, 6) is 0.0203. The molecule has 0 rings (SSSR count). The van der Waals surface area contributed by atoms with Crippen LogP contribution < -0.4 is 0 Å². The molecule has 46 valence electrons. The summed E-state index contributed by atoms with van der Waals surface area (Å²) in [5, 5.41) is 0.388. The van der Waals surface area contributed by atoms with Crippen molar-refractivity contribution in [1.29, 1.82) is 0 Å². The van der Waals surface area contributed by atoms with E-state index in [-0.39, 0.29) is 12.2 Å². The van der Waals surface area contributed by atoms with Crippen molar-refractivity contribution in [2.24, 2.45) is 0 Å². The molecule has 0 fully saturated rings. The average Bonchev–Trinajstić information content (AvgIpc) is 1.65. The van der Waals surface area contributed by atoms with Gasteiger partial charge in [0.25, 0.3) is 0 Å². The summed E-state index contributed by atoms with van der Waals surface area (Å²) < 4.78 is 0. The highest BCUT2D eigenvalue weighted by atomic mass is 35.5. The van der Waals surface area contributed by atoms with Crippen LogP contribution in [0.15, 0.2) is 10.6 Å². The Morgan fingerprint density at radius 2 is 2.25 bits per heavy atom. The minimum Gasteiger partial charge on any atom is -0.300 e. The van der Waals surface area contributed by atoms with Gasteiger partial charge in [-0.25, -0.2) is 0 Å². The lowest BCUT2D eigenvalue weighted by molar-refractivity contribution is -0.116. The molecule has 0 aliphatic carbocycles. The molecular formula is C5H6Cl2O. The Morgan fingerprint density at radius 3 is 2.38 bits per heavy atom. The van der Waals surface area contributed by atoms with Crippen LogP contribution in [0, 0.1) is 0 Å². The monoisotopic (exact) mass is 152 g/mol. The Hall–Kier alpha value is -0.0100. The molecule has 8 heavy (non-hydrogen) atoms. The quantitative estimate of drug-likeness (QED) is 0.594. The molecule has 0 bridgehead atoms. The number of halogens is 2. The van der Waals surface area contributed by atoms with Gasteiger partial charge in [-0.15, -0.1) is 0 Å². The first-order valence-corrected chi connectivity index (χ1v) is 2.92. The Bertz CT molecular complexity index is 118. The minimum atomic E-state index is 0.0203. The summed E-state index contributed by atoms with van der Waals surface area (Å²) >= 11 is 10.5. The molecule has 0 aliphatic rings. The normalized spacial score (nSPS) is 11.6. The lowest BCUT2D eigenvalue weighted by Crippen LogP contribution is -1.86. The van der Waals surface area contributed by atoms with Crippen molar-refractivity contribution in [2.75, 3.05) is 0 Å². The molecular weight excluding hydrogens is 147 g/mol. The van der Waals surface area contributed by atoms with Gasteiger partial charge in [0.15, 0.2) is 0 Å². The highest BCUT2D eigenvalue weighted by molar-refractivity contribution is 6.37. The predicted octanol–water partition coefficient (Wildman–Crippen LogP) is 2.28. The largest absolute Gasteiger partial charge is 0.300 e. The molecule has 0 saturated carbocycles. The van der Waals surface area contributed by atoms with Crippen molar-refractivity contribution in [1.82, 2.24) is 0 Å². The highest BCUT2D eigenvalue weighted by Crippen LogP contribution is 2.07. The van der Waals surface area contributed by atoms with Gasteiger partial charge in [0.1, 0.15) is 5.78 Å². The smallest absolute Gasteiger partial charge is 0.135 e. The second-order valence-electron chi connectivity index (χ2n) is 1.43. The molecule has 0 spiro atoms. The summed E-state index contributed by atoms with van der Waals surface area (Å²) in [7, 11) is 0. The van der Waals surface area contributed by atoms with E-state index in [0.29, 0.717) is 5.03 Å². The van der Waals surface area contributed by atoms with Gasteiger partial charge in [-0.05, 0) is 6.92 Å². The third-order valence-corrected chi connectivity index (χ3v) is 1.15. The maximum absolute atomic E-state index is 10.2. The Morgan fingerprint density at radius 1 is 1.75 bits per heavy atom. The van der Waals surface area contributed by atoms with E-state index in [1.807, 2.05) is 0 Å². The third-order valence-electron chi connectivity index (χ3n) is 0.536. The van der Waals surface area contributed by atoms with Crippen molar-refractivity contribution in [3.8, 4) is 0 Å². The Labute approximate surface area is 58.3 Å². The first kappa shape index (κ1) is 7.99. The van der Waals surface area contributed by atoms with Gasteiger partial charge in [0.2, 0.25) is 0 Å². The number of carbonyl (C=O) groups is 1. The van der Waals surface area contributed by atoms with Crippen molar-refractivity contribution in [3.05, 3.63) is 10.6 Å². The molecule has 0 aromatic rings. The van der Waals surface area contributed by atoms with Crippen LogP contribution >= 0.6 is 23.2 Å². The van der Waals surface area contributed by atoms with Gasteiger partial charge < -0.3 is 0 Å². The molecule has 0 aliphatic heterocycles. The maximum Gasteiger partial charge on any atom is 0.135 e. The molecule has 0 heterocycles. The molecule has 0 saturated heterocycles. The first-order valence-electron chi connectivity index (χ1n) is 2.11. The summed E-state index contributed by atoms with van der Waals surface area (Å²) in [4.78, 5) is 10.2. The van der Waals surface area contributed by atoms with Gasteiger partial charge in [0, 0.05) is 17.0 Å². The topological polar surface area (TPSA) is 17.1 Å². The molecule has 0 unspecified atom stereocenters. The number of hydrogen-bond acceptors (Lipinski definition) is 1. The zero-order valence-corrected chi connectivity index (χ0v) is 5.96. The van der Waals surface area contributed by atoms with Crippen molar-refractivity contribution in [2.45, 2.75) is 13.3 Å². The van der Waals surface area contributed by atoms with Crippen LogP contribution in [0.5, 0.6) is 0 Å². The number of Topliss-reactive ketones (excluding diaryl/α,β-unsaturated/α-hetero) is 1. The summed E-state index contributed by atoms with van der Waals surface area (Å²) in [6, 6.07) is 0. The van der Waals surface area contributed by atoms with E-state index in [9.17, 15) is 4.79 Å². The van der Waals surface area contributed by atoms with E-state index in [1.165, 1.54) is 12.5 Å². The Balaban J connectivity index is 3.56. The van der Waals surface area contributed by atoms with Gasteiger partial charge >= 0.3 is 0 Å². The minimum absolute atomic E-state index is 0.0203. The van der Waals surface area contributed by atoms with Crippen LogP contribution in [0.1, 0.15) is 13.3 Å². The van der Waals surface area contributed by atoms with Crippen LogP contribution in [0.25, 0.3) is 0 Å². The fourth-order valence-electron chi connectivity index (χ4n) is 0.276. The number of allylic oxidation sites excluding steroid dienone is 1. The van der Waals surface area contributed by atoms with Crippen molar-refractivity contribution >= 4 is 29.0 Å². The standard InChI is InChI=1S/C5H6Cl2O/c1-4(8)2-5(7)3-6/h3H,2H2,1H3/b5-3-. The number of ketones is 1. The van der Waals surface area contributed by atoms with Gasteiger partial charge in [-0.3, -0.25) is 4.79 Å². The fourth-order valence-corrected chi connectivity index (χ4v) is 0.542. The zero-order valence-electron chi connectivity index (χ0n) is 4.45.